The average molecular weight is 432 g/mol. The Morgan fingerprint density at radius 3 is 2.16 bits per heavy atom. The van der Waals surface area contributed by atoms with Crippen molar-refractivity contribution in [1.29, 1.82) is 5.26 Å². The summed E-state index contributed by atoms with van der Waals surface area (Å²) in [6.07, 6.45) is 19.0. The molecule has 0 spiro atoms. The lowest BCUT2D eigenvalue weighted by Crippen LogP contribution is -2.44. The minimum absolute atomic E-state index is 0.120. The van der Waals surface area contributed by atoms with Gasteiger partial charge in [-0.3, -0.25) is 0 Å². The van der Waals surface area contributed by atoms with E-state index in [0.29, 0.717) is 5.41 Å². The van der Waals surface area contributed by atoms with Crippen LogP contribution in [0, 0.1) is 22.6 Å². The van der Waals surface area contributed by atoms with Crippen LogP contribution in [0.25, 0.3) is 11.1 Å². The van der Waals surface area contributed by atoms with Crippen molar-refractivity contribution in [2.24, 2.45) is 5.41 Å². The van der Waals surface area contributed by atoms with E-state index in [4.69, 9.17) is 5.26 Å². The predicted molar refractivity (Wildman–Crippen MR) is 131 cm³/mol. The number of fused-ring (bicyclic) bond motifs is 3. The van der Waals surface area contributed by atoms with E-state index in [-0.39, 0.29) is 11.0 Å². The normalized spacial score (nSPS) is 24.4. The zero-order chi connectivity index (χ0) is 22.4. The minimum Gasteiger partial charge on any atom is -0.206 e. The van der Waals surface area contributed by atoms with Gasteiger partial charge in [-0.25, -0.2) is 4.39 Å². The van der Waals surface area contributed by atoms with E-state index < -0.39 is 5.82 Å². The quantitative estimate of drug-likeness (QED) is 0.344. The van der Waals surface area contributed by atoms with Gasteiger partial charge in [-0.1, -0.05) is 82.2 Å². The molecule has 2 aromatic rings. The van der Waals surface area contributed by atoms with Crippen molar-refractivity contribution >= 4 is 0 Å². The second-order valence-corrected chi connectivity index (χ2v) is 10.5. The van der Waals surface area contributed by atoms with Gasteiger partial charge in [0.15, 0.2) is 0 Å². The van der Waals surface area contributed by atoms with Crippen LogP contribution in [-0.2, 0) is 5.41 Å². The number of rotatable bonds is 10. The van der Waals surface area contributed by atoms with E-state index in [1.165, 1.54) is 95.5 Å². The summed E-state index contributed by atoms with van der Waals surface area (Å²) in [4.78, 5) is 0. The number of nitriles is 1. The summed E-state index contributed by atoms with van der Waals surface area (Å²) in [5.41, 5.74) is 4.39. The zero-order valence-electron chi connectivity index (χ0n) is 19.8. The van der Waals surface area contributed by atoms with E-state index in [1.54, 1.807) is 12.1 Å². The summed E-state index contributed by atoms with van der Waals surface area (Å²) >= 11 is 0. The number of nitrogens with zero attached hydrogens (tertiary/aromatic N) is 1. The van der Waals surface area contributed by atoms with E-state index >= 15 is 0 Å². The third-order valence-corrected chi connectivity index (χ3v) is 8.61. The second-order valence-electron chi connectivity index (χ2n) is 10.5. The van der Waals surface area contributed by atoms with E-state index in [1.807, 2.05) is 12.1 Å². The van der Waals surface area contributed by atoms with Crippen molar-refractivity contribution in [3.8, 4) is 17.2 Å². The van der Waals surface area contributed by atoms with Crippen LogP contribution >= 0.6 is 0 Å². The highest BCUT2D eigenvalue weighted by Gasteiger charge is 2.49. The molecule has 170 valence electrons. The molecule has 2 aromatic carbocycles. The number of halogens is 1. The SMILES string of the molecule is CCCCCCCCCC12CCC(c3ccccc3-c3ccc(C#N)c(F)c3)(CC1)CC2. The Labute approximate surface area is 194 Å². The van der Waals surface area contributed by atoms with Gasteiger partial charge < -0.3 is 0 Å². The standard InChI is InChI=1S/C30H38FN/c1-2-3-4-5-6-7-10-15-29-16-19-30(20-17-29,21-18-29)27-12-9-8-11-26(27)24-13-14-25(23-32)28(31)22-24/h8-9,11-14,22H,2-7,10,15-21H2,1H3. The third-order valence-electron chi connectivity index (χ3n) is 8.61. The molecule has 3 fully saturated rings. The fourth-order valence-corrected chi connectivity index (χ4v) is 6.47. The molecular weight excluding hydrogens is 393 g/mol. The molecule has 0 unspecified atom stereocenters. The maximum Gasteiger partial charge on any atom is 0.141 e. The Kier molecular flexibility index (Phi) is 7.34. The number of benzene rings is 2. The lowest BCUT2D eigenvalue weighted by molar-refractivity contribution is 0.0307. The fourth-order valence-electron chi connectivity index (χ4n) is 6.47. The van der Waals surface area contributed by atoms with Gasteiger partial charge in [0.05, 0.1) is 5.56 Å². The van der Waals surface area contributed by atoms with Gasteiger partial charge in [-0.2, -0.15) is 5.26 Å². The van der Waals surface area contributed by atoms with Crippen LogP contribution in [0.4, 0.5) is 4.39 Å². The van der Waals surface area contributed by atoms with E-state index in [2.05, 4.69) is 31.2 Å². The highest BCUT2D eigenvalue weighted by Crippen LogP contribution is 2.60. The van der Waals surface area contributed by atoms with Crippen molar-refractivity contribution < 1.29 is 4.39 Å². The lowest BCUT2D eigenvalue weighted by Gasteiger charge is -2.54. The first-order chi connectivity index (χ1) is 15.6. The van der Waals surface area contributed by atoms with Gasteiger partial charge in [0, 0.05) is 0 Å². The predicted octanol–water partition coefficient (Wildman–Crippen LogP) is 9.10. The molecular formula is C30H38FN. The fraction of sp³-hybridized carbons (Fsp3) is 0.567. The second kappa shape index (κ2) is 10.2. The molecule has 32 heavy (non-hydrogen) atoms. The Hall–Kier alpha value is -2.14. The van der Waals surface area contributed by atoms with Gasteiger partial charge in [-0.05, 0) is 84.6 Å². The first kappa shape index (κ1) is 23.0. The minimum atomic E-state index is -0.418. The number of hydrogen-bond donors (Lipinski definition) is 0. The smallest absolute Gasteiger partial charge is 0.141 e. The maximum atomic E-state index is 14.4. The van der Waals surface area contributed by atoms with Crippen molar-refractivity contribution in [3.63, 3.8) is 0 Å². The zero-order valence-corrected chi connectivity index (χ0v) is 19.8. The van der Waals surface area contributed by atoms with Crippen LogP contribution in [0.3, 0.4) is 0 Å². The average Bonchev–Trinajstić information content (AvgIpc) is 2.84. The molecule has 0 saturated heterocycles. The van der Waals surface area contributed by atoms with Gasteiger partial charge in [0.25, 0.3) is 0 Å². The van der Waals surface area contributed by atoms with Crippen LogP contribution in [0.5, 0.6) is 0 Å². The van der Waals surface area contributed by atoms with E-state index in [9.17, 15) is 4.39 Å². The molecule has 0 heterocycles. The van der Waals surface area contributed by atoms with Crippen molar-refractivity contribution in [1.82, 2.24) is 0 Å². The van der Waals surface area contributed by atoms with Crippen LogP contribution < -0.4 is 0 Å². The van der Waals surface area contributed by atoms with Gasteiger partial charge >= 0.3 is 0 Å². The molecule has 0 radical (unpaired) electrons. The summed E-state index contributed by atoms with van der Waals surface area (Å²) < 4.78 is 14.4. The Morgan fingerprint density at radius 1 is 0.844 bits per heavy atom. The molecule has 3 aliphatic rings. The van der Waals surface area contributed by atoms with Crippen molar-refractivity contribution in [3.05, 3.63) is 59.4 Å². The molecule has 0 atom stereocenters. The van der Waals surface area contributed by atoms with Crippen LogP contribution in [-0.4, -0.2) is 0 Å². The molecule has 2 heteroatoms. The highest BCUT2D eigenvalue weighted by molar-refractivity contribution is 5.70. The molecule has 2 bridgehead atoms. The van der Waals surface area contributed by atoms with Crippen molar-refractivity contribution in [2.75, 3.05) is 0 Å². The lowest BCUT2D eigenvalue weighted by atomic mass is 9.50. The van der Waals surface area contributed by atoms with Crippen molar-refractivity contribution in [2.45, 2.75) is 102 Å². The summed E-state index contributed by atoms with van der Waals surface area (Å²) in [5, 5.41) is 9.08. The van der Waals surface area contributed by atoms with Gasteiger partial charge in [-0.15, -0.1) is 0 Å². The van der Waals surface area contributed by atoms with Gasteiger partial charge in [0.2, 0.25) is 0 Å². The molecule has 0 N–H and O–H groups in total. The summed E-state index contributed by atoms with van der Waals surface area (Å²) in [7, 11) is 0. The molecule has 1 nitrogen and oxygen atoms in total. The van der Waals surface area contributed by atoms with Crippen LogP contribution in [0.2, 0.25) is 0 Å². The molecule has 3 saturated carbocycles. The molecule has 0 aromatic heterocycles. The van der Waals surface area contributed by atoms with E-state index in [0.717, 1.165) is 11.1 Å². The van der Waals surface area contributed by atoms with Crippen LogP contribution in [0.1, 0.15) is 108 Å². The first-order valence-corrected chi connectivity index (χ1v) is 12.9. The number of hydrogen-bond acceptors (Lipinski definition) is 1. The first-order valence-electron chi connectivity index (χ1n) is 12.9. The topological polar surface area (TPSA) is 23.8 Å². The van der Waals surface area contributed by atoms with Crippen LogP contribution in [0.15, 0.2) is 42.5 Å². The molecule has 0 aliphatic heterocycles. The summed E-state index contributed by atoms with van der Waals surface area (Å²) in [6.45, 7) is 2.28. The Balaban J connectivity index is 1.42. The van der Waals surface area contributed by atoms with Gasteiger partial charge in [0.1, 0.15) is 11.9 Å². The molecule has 3 aliphatic carbocycles. The largest absolute Gasteiger partial charge is 0.206 e. The Morgan fingerprint density at radius 2 is 1.50 bits per heavy atom. The summed E-state index contributed by atoms with van der Waals surface area (Å²) in [5.74, 6) is -0.418. The monoisotopic (exact) mass is 431 g/mol. The third kappa shape index (κ3) is 4.78. The Bertz CT molecular complexity index is 929. The maximum absolute atomic E-state index is 14.4. The summed E-state index contributed by atoms with van der Waals surface area (Å²) in [6, 6.07) is 15.6. The molecule has 5 rings (SSSR count). The molecule has 0 amide bonds. The number of unbranched alkanes of at least 4 members (excludes halogenated alkanes) is 6. The highest BCUT2D eigenvalue weighted by atomic mass is 19.1.